The number of carbonyl (C=O) groups is 2. The molecule has 0 bridgehead atoms. The van der Waals surface area contributed by atoms with E-state index in [0.29, 0.717) is 19.6 Å². The molecular weight excluding hydrogens is 298 g/mol. The van der Waals surface area contributed by atoms with Crippen molar-refractivity contribution in [2.24, 2.45) is 0 Å². The summed E-state index contributed by atoms with van der Waals surface area (Å²) in [5.74, 6) is 0. The Bertz CT molecular complexity index is 420. The summed E-state index contributed by atoms with van der Waals surface area (Å²) < 4.78 is 10.5. The lowest BCUT2D eigenvalue weighted by Gasteiger charge is -2.40. The monoisotopic (exact) mass is 329 g/mol. The Hall–Kier alpha value is -1.50. The van der Waals surface area contributed by atoms with Crippen LogP contribution in [0, 0.1) is 0 Å². The third-order valence-electron chi connectivity index (χ3n) is 3.01. The molecule has 7 nitrogen and oxygen atoms in total. The van der Waals surface area contributed by atoms with E-state index in [-0.39, 0.29) is 18.2 Å². The third-order valence-corrected chi connectivity index (χ3v) is 3.01. The summed E-state index contributed by atoms with van der Waals surface area (Å²) in [6, 6.07) is 0.172. The van der Waals surface area contributed by atoms with Crippen LogP contribution in [0.1, 0.15) is 48.5 Å². The van der Waals surface area contributed by atoms with Crippen LogP contribution in [0.5, 0.6) is 0 Å². The fourth-order valence-electron chi connectivity index (χ4n) is 1.99. The molecule has 2 amide bonds. The predicted molar refractivity (Wildman–Crippen MR) is 88.4 cm³/mol. The van der Waals surface area contributed by atoms with Crippen molar-refractivity contribution in [2.75, 3.05) is 19.6 Å². The van der Waals surface area contributed by atoms with Gasteiger partial charge in [-0.1, -0.05) is 0 Å². The van der Waals surface area contributed by atoms with Crippen molar-refractivity contribution in [3.8, 4) is 0 Å². The van der Waals surface area contributed by atoms with Crippen LogP contribution in [0.2, 0.25) is 0 Å². The van der Waals surface area contributed by atoms with Crippen LogP contribution in [-0.2, 0) is 9.47 Å². The topological polar surface area (TPSA) is 79.9 Å². The molecule has 23 heavy (non-hydrogen) atoms. The van der Waals surface area contributed by atoms with Crippen LogP contribution in [0.15, 0.2) is 0 Å². The van der Waals surface area contributed by atoms with E-state index in [0.717, 1.165) is 0 Å². The molecule has 0 aromatic rings. The molecule has 2 N–H and O–H groups in total. The van der Waals surface area contributed by atoms with E-state index in [2.05, 4.69) is 10.6 Å². The molecule has 0 aliphatic carbocycles. The molecule has 1 aliphatic rings. The van der Waals surface area contributed by atoms with E-state index < -0.39 is 17.3 Å². The van der Waals surface area contributed by atoms with Crippen LogP contribution in [0.25, 0.3) is 0 Å². The Morgan fingerprint density at radius 3 is 2.09 bits per heavy atom. The molecule has 0 spiro atoms. The standard InChI is InChI=1S/C16H31N3O4/c1-11(18-13(20)22-15(2,3)4)8-17-12-9-19(10-12)14(21)23-16(5,6)7/h11-12,17H,8-10H2,1-7H3,(H,18,20). The number of nitrogens with one attached hydrogen (secondary N) is 2. The summed E-state index contributed by atoms with van der Waals surface area (Å²) in [6.45, 7) is 14.8. The molecule has 1 aliphatic heterocycles. The van der Waals surface area contributed by atoms with E-state index in [1.807, 2.05) is 48.5 Å². The van der Waals surface area contributed by atoms with Crippen LogP contribution < -0.4 is 10.6 Å². The average Bonchev–Trinajstić information content (AvgIpc) is 2.20. The summed E-state index contributed by atoms with van der Waals surface area (Å²) in [5.41, 5.74) is -0.972. The van der Waals surface area contributed by atoms with Crippen LogP contribution in [0.4, 0.5) is 9.59 Å². The van der Waals surface area contributed by atoms with Crippen molar-refractivity contribution in [1.29, 1.82) is 0 Å². The normalized spacial score (nSPS) is 17.3. The molecule has 0 aromatic carbocycles. The molecule has 7 heteroatoms. The van der Waals surface area contributed by atoms with E-state index in [1.54, 1.807) is 4.90 Å². The second-order valence-electron chi connectivity index (χ2n) is 8.04. The number of nitrogens with zero attached hydrogens (tertiary/aromatic N) is 1. The minimum absolute atomic E-state index is 0.0552. The maximum atomic E-state index is 11.8. The van der Waals surface area contributed by atoms with Gasteiger partial charge < -0.3 is 25.0 Å². The summed E-state index contributed by atoms with van der Waals surface area (Å²) in [7, 11) is 0. The molecule has 0 radical (unpaired) electrons. The summed E-state index contributed by atoms with van der Waals surface area (Å²) >= 11 is 0. The Morgan fingerprint density at radius 2 is 1.61 bits per heavy atom. The molecule has 1 heterocycles. The average molecular weight is 329 g/mol. The van der Waals surface area contributed by atoms with E-state index in [1.165, 1.54) is 0 Å². The Morgan fingerprint density at radius 1 is 1.09 bits per heavy atom. The molecule has 1 fully saturated rings. The number of alkyl carbamates (subject to hydrolysis) is 1. The van der Waals surface area contributed by atoms with Gasteiger partial charge in [0.05, 0.1) is 0 Å². The highest BCUT2D eigenvalue weighted by Gasteiger charge is 2.33. The predicted octanol–water partition coefficient (Wildman–Crippen LogP) is 2.11. The Kier molecular flexibility index (Phi) is 6.27. The number of hydrogen-bond donors (Lipinski definition) is 2. The first-order valence-electron chi connectivity index (χ1n) is 8.06. The fraction of sp³-hybridized carbons (Fsp3) is 0.875. The lowest BCUT2D eigenvalue weighted by Crippen LogP contribution is -2.61. The zero-order chi connectivity index (χ0) is 17.8. The number of likely N-dealkylation sites (tertiary alicyclic amines) is 1. The highest BCUT2D eigenvalue weighted by atomic mass is 16.6. The highest BCUT2D eigenvalue weighted by molar-refractivity contribution is 5.69. The van der Waals surface area contributed by atoms with Gasteiger partial charge in [-0.05, 0) is 48.5 Å². The molecule has 1 atom stereocenters. The van der Waals surface area contributed by atoms with Crippen LogP contribution in [-0.4, -0.2) is 60.0 Å². The van der Waals surface area contributed by atoms with E-state index >= 15 is 0 Å². The fourth-order valence-corrected chi connectivity index (χ4v) is 1.99. The van der Waals surface area contributed by atoms with Gasteiger partial charge in [0.15, 0.2) is 0 Å². The van der Waals surface area contributed by atoms with E-state index in [4.69, 9.17) is 9.47 Å². The second kappa shape index (κ2) is 7.38. The van der Waals surface area contributed by atoms with Crippen molar-refractivity contribution in [3.63, 3.8) is 0 Å². The van der Waals surface area contributed by atoms with Gasteiger partial charge in [-0.15, -0.1) is 0 Å². The van der Waals surface area contributed by atoms with Crippen molar-refractivity contribution < 1.29 is 19.1 Å². The summed E-state index contributed by atoms with van der Waals surface area (Å²) in [5, 5.41) is 6.09. The first-order valence-corrected chi connectivity index (χ1v) is 8.06. The zero-order valence-corrected chi connectivity index (χ0v) is 15.4. The molecule has 134 valence electrons. The third kappa shape index (κ3) is 8.06. The molecule has 0 saturated carbocycles. The van der Waals surface area contributed by atoms with Crippen molar-refractivity contribution in [3.05, 3.63) is 0 Å². The van der Waals surface area contributed by atoms with Gasteiger partial charge in [-0.2, -0.15) is 0 Å². The molecule has 1 saturated heterocycles. The molecule has 0 aromatic heterocycles. The second-order valence-corrected chi connectivity index (χ2v) is 8.04. The van der Waals surface area contributed by atoms with Gasteiger partial charge in [-0.25, -0.2) is 9.59 Å². The number of carbonyl (C=O) groups excluding carboxylic acids is 2. The molecule has 1 rings (SSSR count). The van der Waals surface area contributed by atoms with Crippen LogP contribution in [0.3, 0.4) is 0 Å². The van der Waals surface area contributed by atoms with Gasteiger partial charge in [0.1, 0.15) is 11.2 Å². The van der Waals surface area contributed by atoms with Gasteiger partial charge >= 0.3 is 12.2 Å². The van der Waals surface area contributed by atoms with Gasteiger partial charge in [-0.3, -0.25) is 0 Å². The summed E-state index contributed by atoms with van der Waals surface area (Å²) in [6.07, 6.45) is -0.703. The lowest BCUT2D eigenvalue weighted by atomic mass is 10.1. The van der Waals surface area contributed by atoms with Crippen molar-refractivity contribution in [1.82, 2.24) is 15.5 Å². The number of hydrogen-bond acceptors (Lipinski definition) is 5. The van der Waals surface area contributed by atoms with Crippen LogP contribution >= 0.6 is 0 Å². The lowest BCUT2D eigenvalue weighted by molar-refractivity contribution is 0.00523. The van der Waals surface area contributed by atoms with E-state index in [9.17, 15) is 9.59 Å². The highest BCUT2D eigenvalue weighted by Crippen LogP contribution is 2.15. The van der Waals surface area contributed by atoms with Gasteiger partial charge in [0, 0.05) is 31.7 Å². The van der Waals surface area contributed by atoms with Crippen molar-refractivity contribution in [2.45, 2.75) is 71.8 Å². The Labute approximate surface area is 139 Å². The zero-order valence-electron chi connectivity index (χ0n) is 15.4. The largest absolute Gasteiger partial charge is 0.444 e. The molecular formula is C16H31N3O4. The summed E-state index contributed by atoms with van der Waals surface area (Å²) in [4.78, 5) is 25.1. The van der Waals surface area contributed by atoms with Gasteiger partial charge in [0.25, 0.3) is 0 Å². The smallest absolute Gasteiger partial charge is 0.410 e. The first-order chi connectivity index (χ1) is 10.4. The quantitative estimate of drug-likeness (QED) is 0.826. The van der Waals surface area contributed by atoms with Crippen molar-refractivity contribution >= 4 is 12.2 Å². The first kappa shape index (κ1) is 19.5. The minimum Gasteiger partial charge on any atom is -0.444 e. The van der Waals surface area contributed by atoms with Gasteiger partial charge in [0.2, 0.25) is 0 Å². The molecule has 1 unspecified atom stereocenters. The minimum atomic E-state index is -0.501. The maximum Gasteiger partial charge on any atom is 0.410 e. The number of rotatable bonds is 4. The maximum absolute atomic E-state index is 11.8. The number of amides is 2. The number of ether oxygens (including phenoxy) is 2. The SMILES string of the molecule is CC(CNC1CN(C(=O)OC(C)(C)C)C1)NC(=O)OC(C)(C)C. The Balaban J connectivity index is 2.19.